The van der Waals surface area contributed by atoms with Crippen LogP contribution in [0, 0.1) is 10.1 Å². The van der Waals surface area contributed by atoms with Gasteiger partial charge >= 0.3 is 11.1 Å². The van der Waals surface area contributed by atoms with Crippen LogP contribution in [0.5, 0.6) is 0 Å². The van der Waals surface area contributed by atoms with Gasteiger partial charge in [0, 0.05) is 30.0 Å². The van der Waals surface area contributed by atoms with E-state index in [2.05, 4.69) is 5.32 Å². The van der Waals surface area contributed by atoms with Gasteiger partial charge in [0.1, 0.15) is 5.60 Å². The van der Waals surface area contributed by atoms with Crippen LogP contribution in [0.4, 0.5) is 9.80 Å². The van der Waals surface area contributed by atoms with Crippen LogP contribution in [0.25, 0.3) is 0 Å². The Morgan fingerprint density at radius 1 is 1.55 bits per heavy atom. The van der Waals surface area contributed by atoms with Crippen molar-refractivity contribution in [1.29, 1.82) is 0 Å². The number of ether oxygens (including phenoxy) is 1. The zero-order valence-electron chi connectivity index (χ0n) is 11.7. The van der Waals surface area contributed by atoms with Crippen molar-refractivity contribution in [2.75, 3.05) is 13.1 Å². The molecule has 3 N–H and O–H groups in total. The van der Waals surface area contributed by atoms with E-state index < -0.39 is 16.6 Å². The second kappa shape index (κ2) is 6.67. The van der Waals surface area contributed by atoms with Crippen molar-refractivity contribution >= 4 is 22.4 Å². The smallest absolute Gasteiger partial charge is 0.407 e. The molecule has 8 heteroatoms. The van der Waals surface area contributed by atoms with Crippen molar-refractivity contribution in [3.05, 3.63) is 27.1 Å². The third-order valence-corrected chi connectivity index (χ3v) is 3.57. The van der Waals surface area contributed by atoms with E-state index in [9.17, 15) is 14.9 Å². The number of nitrogens with one attached hydrogen (secondary N) is 1. The maximum Gasteiger partial charge on any atom is 0.407 e. The lowest BCUT2D eigenvalue weighted by molar-refractivity contribution is -0.380. The summed E-state index contributed by atoms with van der Waals surface area (Å²) < 4.78 is 5.12. The summed E-state index contributed by atoms with van der Waals surface area (Å²) in [4.78, 5) is 22.5. The molecule has 0 fully saturated rings. The molecule has 112 valence electrons. The summed E-state index contributed by atoms with van der Waals surface area (Å²) in [6.07, 6.45) is -0.526. The van der Waals surface area contributed by atoms with Gasteiger partial charge < -0.3 is 15.8 Å². The third-order valence-electron chi connectivity index (χ3n) is 2.37. The van der Waals surface area contributed by atoms with Crippen molar-refractivity contribution in [2.45, 2.75) is 32.3 Å². The van der Waals surface area contributed by atoms with Crippen LogP contribution in [-0.4, -0.2) is 29.7 Å². The van der Waals surface area contributed by atoms with E-state index >= 15 is 0 Å². The number of hydrogen-bond donors (Lipinski definition) is 2. The highest BCUT2D eigenvalue weighted by Gasteiger charge is 2.20. The summed E-state index contributed by atoms with van der Waals surface area (Å²) in [7, 11) is 0. The molecule has 0 saturated carbocycles. The monoisotopic (exact) mass is 301 g/mol. The lowest BCUT2D eigenvalue weighted by Gasteiger charge is -2.21. The van der Waals surface area contributed by atoms with Gasteiger partial charge in [-0.25, -0.2) is 4.79 Å². The van der Waals surface area contributed by atoms with Gasteiger partial charge in [-0.2, -0.15) is 0 Å². The Balaban J connectivity index is 2.59. The fraction of sp³-hybridized carbons (Fsp3) is 0.583. The van der Waals surface area contributed by atoms with Crippen molar-refractivity contribution in [3.8, 4) is 0 Å². The third kappa shape index (κ3) is 5.14. The minimum atomic E-state index is -0.565. The van der Waals surface area contributed by atoms with Gasteiger partial charge in [0.2, 0.25) is 0 Å². The maximum absolute atomic E-state index is 11.5. The number of thiophene rings is 1. The van der Waals surface area contributed by atoms with Gasteiger partial charge in [0.25, 0.3) is 0 Å². The SMILES string of the molecule is CC(C)(C)OC(=O)NCC(CN)c1ccc([N+](=O)[O-])s1. The zero-order chi connectivity index (χ0) is 15.3. The Labute approximate surface area is 121 Å². The first-order valence-corrected chi connectivity index (χ1v) is 6.95. The van der Waals surface area contributed by atoms with Crippen molar-refractivity contribution in [3.63, 3.8) is 0 Å². The van der Waals surface area contributed by atoms with Crippen LogP contribution in [-0.2, 0) is 4.74 Å². The molecule has 1 aromatic heterocycles. The normalized spacial score (nSPS) is 12.8. The van der Waals surface area contributed by atoms with Gasteiger partial charge in [0.05, 0.1) is 4.92 Å². The van der Waals surface area contributed by atoms with Crippen LogP contribution in [0.3, 0.4) is 0 Å². The first-order chi connectivity index (χ1) is 9.23. The van der Waals surface area contributed by atoms with E-state index in [1.165, 1.54) is 6.07 Å². The summed E-state index contributed by atoms with van der Waals surface area (Å²) in [6, 6.07) is 3.10. The van der Waals surface area contributed by atoms with Crippen LogP contribution in [0.1, 0.15) is 31.6 Å². The summed E-state index contributed by atoms with van der Waals surface area (Å²) in [5.74, 6) is -0.166. The zero-order valence-corrected chi connectivity index (χ0v) is 12.5. The summed E-state index contributed by atoms with van der Waals surface area (Å²) in [5.41, 5.74) is 5.08. The van der Waals surface area contributed by atoms with Crippen molar-refractivity contribution in [1.82, 2.24) is 5.32 Å². The van der Waals surface area contributed by atoms with E-state index in [1.807, 2.05) is 0 Å². The Morgan fingerprint density at radius 2 is 2.20 bits per heavy atom. The molecule has 0 aliphatic heterocycles. The van der Waals surface area contributed by atoms with Crippen LogP contribution >= 0.6 is 11.3 Å². The van der Waals surface area contributed by atoms with Gasteiger partial charge in [-0.15, -0.1) is 0 Å². The molecule has 0 aliphatic rings. The predicted molar refractivity (Wildman–Crippen MR) is 77.0 cm³/mol. The van der Waals surface area contributed by atoms with E-state index in [0.717, 1.165) is 16.2 Å². The number of carbonyl (C=O) groups excluding carboxylic acids is 1. The highest BCUT2D eigenvalue weighted by molar-refractivity contribution is 7.15. The molecular formula is C12H19N3O4S. The van der Waals surface area contributed by atoms with E-state index in [4.69, 9.17) is 10.5 Å². The predicted octanol–water partition coefficient (Wildman–Crippen LogP) is 2.22. The molecule has 0 spiro atoms. The number of hydrogen-bond acceptors (Lipinski definition) is 6. The van der Waals surface area contributed by atoms with Crippen molar-refractivity contribution in [2.24, 2.45) is 5.73 Å². The topological polar surface area (TPSA) is 107 Å². The van der Waals surface area contributed by atoms with Crippen molar-refractivity contribution < 1.29 is 14.5 Å². The molecule has 1 rings (SSSR count). The lowest BCUT2D eigenvalue weighted by Crippen LogP contribution is -2.36. The Hall–Kier alpha value is -1.67. The molecule has 1 amide bonds. The number of rotatable bonds is 5. The second-order valence-electron chi connectivity index (χ2n) is 5.25. The van der Waals surface area contributed by atoms with E-state index in [0.29, 0.717) is 0 Å². The highest BCUT2D eigenvalue weighted by atomic mass is 32.1. The van der Waals surface area contributed by atoms with Gasteiger partial charge in [-0.05, 0) is 26.8 Å². The Bertz CT molecular complexity index is 481. The highest BCUT2D eigenvalue weighted by Crippen LogP contribution is 2.29. The number of alkyl carbamates (subject to hydrolysis) is 1. The molecule has 0 saturated heterocycles. The number of amides is 1. The number of carbonyl (C=O) groups is 1. The molecule has 0 radical (unpaired) electrons. The van der Waals surface area contributed by atoms with E-state index in [-0.39, 0.29) is 24.0 Å². The quantitative estimate of drug-likeness (QED) is 0.640. The minimum absolute atomic E-state index is 0.0655. The molecular weight excluding hydrogens is 282 g/mol. The molecule has 1 aromatic rings. The van der Waals surface area contributed by atoms with Gasteiger partial charge in [-0.3, -0.25) is 10.1 Å². The fourth-order valence-electron chi connectivity index (χ4n) is 1.48. The summed E-state index contributed by atoms with van der Waals surface area (Å²) in [6.45, 7) is 5.89. The fourth-order valence-corrected chi connectivity index (χ4v) is 2.41. The van der Waals surface area contributed by atoms with Crippen LogP contribution in [0.15, 0.2) is 12.1 Å². The largest absolute Gasteiger partial charge is 0.444 e. The first-order valence-electron chi connectivity index (χ1n) is 6.14. The van der Waals surface area contributed by atoms with Gasteiger partial charge in [-0.1, -0.05) is 11.3 Å². The van der Waals surface area contributed by atoms with Crippen LogP contribution in [0.2, 0.25) is 0 Å². The second-order valence-corrected chi connectivity index (χ2v) is 6.34. The summed E-state index contributed by atoms with van der Waals surface area (Å²) in [5, 5.41) is 13.3. The molecule has 1 atom stereocenters. The molecule has 1 heterocycles. The Kier molecular flexibility index (Phi) is 5.46. The molecule has 0 bridgehead atoms. The molecule has 1 unspecified atom stereocenters. The van der Waals surface area contributed by atoms with E-state index in [1.54, 1.807) is 26.8 Å². The minimum Gasteiger partial charge on any atom is -0.444 e. The molecule has 7 nitrogen and oxygen atoms in total. The number of nitro groups is 1. The number of nitrogens with two attached hydrogens (primary N) is 1. The average Bonchev–Trinajstić information content (AvgIpc) is 2.77. The standard InChI is InChI=1S/C12H19N3O4S/c1-12(2,3)19-11(16)14-7-8(6-13)9-4-5-10(20-9)15(17)18/h4-5,8H,6-7,13H2,1-3H3,(H,14,16). The van der Waals surface area contributed by atoms with Crippen LogP contribution < -0.4 is 11.1 Å². The molecule has 20 heavy (non-hydrogen) atoms. The maximum atomic E-state index is 11.5. The van der Waals surface area contributed by atoms with Gasteiger partial charge in [0.15, 0.2) is 0 Å². The lowest BCUT2D eigenvalue weighted by atomic mass is 10.1. The Morgan fingerprint density at radius 3 is 2.65 bits per heavy atom. The number of nitrogens with zero attached hydrogens (tertiary/aromatic N) is 1. The summed E-state index contributed by atoms with van der Waals surface area (Å²) >= 11 is 1.07. The first kappa shape index (κ1) is 16.4. The average molecular weight is 301 g/mol. The molecule has 0 aromatic carbocycles. The molecule has 0 aliphatic carbocycles.